The van der Waals surface area contributed by atoms with Crippen LogP contribution in [0.5, 0.6) is 0 Å². The van der Waals surface area contributed by atoms with Crippen molar-refractivity contribution >= 4 is 28.1 Å². The van der Waals surface area contributed by atoms with E-state index in [1.54, 1.807) is 0 Å². The van der Waals surface area contributed by atoms with Gasteiger partial charge in [-0.2, -0.15) is 15.0 Å². The van der Waals surface area contributed by atoms with E-state index in [2.05, 4.69) is 20.3 Å². The van der Waals surface area contributed by atoms with Gasteiger partial charge in [-0.05, 0) is 6.42 Å². The molecule has 1 heterocycles. The predicted molar refractivity (Wildman–Crippen MR) is 56.5 cm³/mol. The molecule has 0 aliphatic heterocycles. The maximum absolute atomic E-state index is 5.39. The van der Waals surface area contributed by atoms with E-state index in [-0.39, 0.29) is 11.9 Å². The summed E-state index contributed by atoms with van der Waals surface area (Å²) in [6.45, 7) is 0.854. The smallest absolute Gasteiger partial charge is 0.229 e. The molecule has 13 heavy (non-hydrogen) atoms. The highest BCUT2D eigenvalue weighted by molar-refractivity contribution is 6.08. The Morgan fingerprint density at radius 2 is 1.77 bits per heavy atom. The molecule has 0 atom stereocenters. The molecule has 0 bridgehead atoms. The molecule has 1 aromatic rings. The highest BCUT2D eigenvalue weighted by Gasteiger charge is 1.99. The van der Waals surface area contributed by atoms with Crippen LogP contribution in [0.1, 0.15) is 6.42 Å². The summed E-state index contributed by atoms with van der Waals surface area (Å²) in [5.74, 6) is 0.766. The van der Waals surface area contributed by atoms with E-state index >= 15 is 0 Å². The quantitative estimate of drug-likeness (QED) is 0.407. The van der Waals surface area contributed by atoms with E-state index in [0.717, 1.165) is 13.0 Å². The van der Waals surface area contributed by atoms with Gasteiger partial charge in [0.1, 0.15) is 0 Å². The third-order valence-electron chi connectivity index (χ3n) is 1.48. The highest BCUT2D eigenvalue weighted by atomic mass is 28.1. The molecule has 0 unspecified atom stereocenters. The van der Waals surface area contributed by atoms with E-state index < -0.39 is 0 Å². The SMILES string of the molecule is Nc1nc(N)nc(NCCC[SiH3])n1. The molecule has 0 aromatic carbocycles. The number of anilines is 3. The van der Waals surface area contributed by atoms with Crippen molar-refractivity contribution in [2.75, 3.05) is 23.3 Å². The van der Waals surface area contributed by atoms with Crippen LogP contribution in [-0.4, -0.2) is 31.7 Å². The molecule has 0 fully saturated rings. The summed E-state index contributed by atoms with van der Waals surface area (Å²) in [5.41, 5.74) is 10.8. The lowest BCUT2D eigenvalue weighted by atomic mass is 10.5. The number of nitrogen functional groups attached to an aromatic ring is 2. The zero-order chi connectivity index (χ0) is 9.68. The molecule has 0 saturated heterocycles. The molecular weight excluding hydrogens is 184 g/mol. The van der Waals surface area contributed by atoms with Crippen molar-refractivity contribution in [2.24, 2.45) is 0 Å². The topological polar surface area (TPSA) is 103 Å². The van der Waals surface area contributed by atoms with Gasteiger partial charge in [0, 0.05) is 16.8 Å². The lowest BCUT2D eigenvalue weighted by Crippen LogP contribution is -2.10. The Morgan fingerprint density at radius 1 is 1.15 bits per heavy atom. The first-order valence-electron chi connectivity index (χ1n) is 4.23. The van der Waals surface area contributed by atoms with Crippen LogP contribution in [0.3, 0.4) is 0 Å². The third kappa shape index (κ3) is 3.24. The molecule has 1 aromatic heterocycles. The fourth-order valence-electron chi connectivity index (χ4n) is 0.865. The van der Waals surface area contributed by atoms with Crippen LogP contribution in [0.2, 0.25) is 6.04 Å². The Balaban J connectivity index is 2.56. The van der Waals surface area contributed by atoms with Crippen LogP contribution < -0.4 is 16.8 Å². The van der Waals surface area contributed by atoms with Crippen molar-refractivity contribution in [1.29, 1.82) is 0 Å². The van der Waals surface area contributed by atoms with Crippen LogP contribution in [0.25, 0.3) is 0 Å². The largest absolute Gasteiger partial charge is 0.368 e. The lowest BCUT2D eigenvalue weighted by Gasteiger charge is -2.03. The maximum Gasteiger partial charge on any atom is 0.229 e. The molecule has 0 spiro atoms. The van der Waals surface area contributed by atoms with Crippen LogP contribution in [0, 0.1) is 0 Å². The number of aromatic nitrogens is 3. The van der Waals surface area contributed by atoms with Crippen molar-refractivity contribution in [3.63, 3.8) is 0 Å². The summed E-state index contributed by atoms with van der Waals surface area (Å²) < 4.78 is 0. The Hall–Kier alpha value is -1.37. The first-order valence-corrected chi connectivity index (χ1v) is 5.64. The van der Waals surface area contributed by atoms with E-state index in [1.807, 2.05) is 0 Å². The first kappa shape index (κ1) is 9.71. The van der Waals surface area contributed by atoms with E-state index in [9.17, 15) is 0 Å². The molecule has 7 heteroatoms. The number of hydrogen-bond acceptors (Lipinski definition) is 6. The second-order valence-corrected chi connectivity index (χ2v) is 3.66. The predicted octanol–water partition coefficient (Wildman–Crippen LogP) is -1.38. The van der Waals surface area contributed by atoms with Crippen molar-refractivity contribution < 1.29 is 0 Å². The Morgan fingerprint density at radius 3 is 2.31 bits per heavy atom. The summed E-state index contributed by atoms with van der Waals surface area (Å²) in [5, 5.41) is 3.03. The maximum atomic E-state index is 5.39. The van der Waals surface area contributed by atoms with Crippen LogP contribution in [-0.2, 0) is 0 Å². The molecule has 0 radical (unpaired) electrons. The van der Waals surface area contributed by atoms with Gasteiger partial charge in [0.15, 0.2) is 0 Å². The standard InChI is InChI=1S/C6H14N6Si/c7-4-10-5(8)12-6(11-4)9-2-1-3-13/h1-3H2,13H3,(H5,7,8,9,10,11,12). The first-order chi connectivity index (χ1) is 6.22. The molecule has 0 aliphatic carbocycles. The second-order valence-electron chi connectivity index (χ2n) is 2.66. The molecule has 0 amide bonds. The minimum absolute atomic E-state index is 0.154. The minimum Gasteiger partial charge on any atom is -0.368 e. The number of nitrogens with one attached hydrogen (secondary N) is 1. The van der Waals surface area contributed by atoms with Gasteiger partial charge in [-0.15, -0.1) is 0 Å². The fraction of sp³-hybridized carbons (Fsp3) is 0.500. The summed E-state index contributed by atoms with van der Waals surface area (Å²) in [6.07, 6.45) is 1.12. The monoisotopic (exact) mass is 198 g/mol. The van der Waals surface area contributed by atoms with E-state index in [1.165, 1.54) is 16.3 Å². The van der Waals surface area contributed by atoms with Gasteiger partial charge in [0.2, 0.25) is 17.8 Å². The summed E-state index contributed by atoms with van der Waals surface area (Å²) >= 11 is 0. The van der Waals surface area contributed by atoms with Gasteiger partial charge in [-0.25, -0.2) is 0 Å². The normalized spacial score (nSPS) is 10.2. The van der Waals surface area contributed by atoms with Gasteiger partial charge >= 0.3 is 0 Å². The number of nitrogens with zero attached hydrogens (tertiary/aromatic N) is 3. The third-order valence-corrected chi connectivity index (χ3v) is 2.19. The number of hydrogen-bond donors (Lipinski definition) is 3. The molecule has 72 valence electrons. The van der Waals surface area contributed by atoms with Crippen LogP contribution >= 0.6 is 0 Å². The second kappa shape index (κ2) is 4.60. The molecular formula is C6H14N6Si. The Bertz CT molecular complexity index is 258. The van der Waals surface area contributed by atoms with Crippen LogP contribution in [0.4, 0.5) is 17.8 Å². The number of nitrogens with two attached hydrogens (primary N) is 2. The average molecular weight is 198 g/mol. The molecule has 5 N–H and O–H groups in total. The van der Waals surface area contributed by atoms with E-state index in [0.29, 0.717) is 5.95 Å². The summed E-state index contributed by atoms with van der Waals surface area (Å²) in [7, 11) is 1.22. The summed E-state index contributed by atoms with van der Waals surface area (Å²) in [4.78, 5) is 11.4. The highest BCUT2D eigenvalue weighted by Crippen LogP contribution is 2.03. The van der Waals surface area contributed by atoms with Crippen molar-refractivity contribution in [3.05, 3.63) is 0 Å². The van der Waals surface area contributed by atoms with Gasteiger partial charge < -0.3 is 16.8 Å². The Labute approximate surface area is 79.6 Å². The van der Waals surface area contributed by atoms with Crippen LogP contribution in [0.15, 0.2) is 0 Å². The van der Waals surface area contributed by atoms with Gasteiger partial charge in [0.25, 0.3) is 0 Å². The average Bonchev–Trinajstić information content (AvgIpc) is 2.03. The molecule has 0 saturated carbocycles. The van der Waals surface area contributed by atoms with E-state index in [4.69, 9.17) is 11.5 Å². The number of rotatable bonds is 4. The Kier molecular flexibility index (Phi) is 3.44. The lowest BCUT2D eigenvalue weighted by molar-refractivity contribution is 0.943. The summed E-state index contributed by atoms with van der Waals surface area (Å²) in [6, 6.07) is 1.25. The zero-order valence-electron chi connectivity index (χ0n) is 7.62. The van der Waals surface area contributed by atoms with Gasteiger partial charge in [-0.3, -0.25) is 0 Å². The minimum atomic E-state index is 0.154. The van der Waals surface area contributed by atoms with Gasteiger partial charge in [-0.1, -0.05) is 6.04 Å². The fourth-order valence-corrected chi connectivity index (χ4v) is 1.22. The van der Waals surface area contributed by atoms with Gasteiger partial charge in [0.05, 0.1) is 0 Å². The molecule has 0 aliphatic rings. The van der Waals surface area contributed by atoms with Crippen molar-refractivity contribution in [2.45, 2.75) is 12.5 Å². The molecule has 6 nitrogen and oxygen atoms in total. The van der Waals surface area contributed by atoms with Crippen molar-refractivity contribution in [1.82, 2.24) is 15.0 Å². The molecule has 1 rings (SSSR count). The van der Waals surface area contributed by atoms with Crippen molar-refractivity contribution in [3.8, 4) is 0 Å². The zero-order valence-corrected chi connectivity index (χ0v) is 9.62.